The molecule has 0 bridgehead atoms. The molecule has 2 aliphatic heterocycles. The lowest BCUT2D eigenvalue weighted by molar-refractivity contribution is 0.244. The SMILES string of the molecule is CSCC1=CC2=CN(c3ccc(CNCCCN=C(N)N)cc3)C(=O)NC2N1. The van der Waals surface area contributed by atoms with Gasteiger partial charge in [0.05, 0.1) is 5.69 Å². The minimum Gasteiger partial charge on any atom is -0.370 e. The van der Waals surface area contributed by atoms with Gasteiger partial charge in [0.1, 0.15) is 6.17 Å². The summed E-state index contributed by atoms with van der Waals surface area (Å²) in [6.07, 6.45) is 6.81. The van der Waals surface area contributed by atoms with Gasteiger partial charge in [-0.15, -0.1) is 0 Å². The Balaban J connectivity index is 1.55. The molecule has 0 saturated heterocycles. The number of rotatable bonds is 9. The molecule has 1 unspecified atom stereocenters. The first-order valence-electron chi connectivity index (χ1n) is 9.19. The van der Waals surface area contributed by atoms with E-state index >= 15 is 0 Å². The number of nitrogens with two attached hydrogens (primary N) is 2. The lowest BCUT2D eigenvalue weighted by Gasteiger charge is -2.29. The Morgan fingerprint density at radius 1 is 1.29 bits per heavy atom. The molecule has 1 aromatic rings. The van der Waals surface area contributed by atoms with E-state index in [4.69, 9.17) is 11.5 Å². The van der Waals surface area contributed by atoms with Gasteiger partial charge < -0.3 is 27.4 Å². The third-order valence-electron chi connectivity index (χ3n) is 4.42. The Morgan fingerprint density at radius 2 is 2.07 bits per heavy atom. The predicted molar refractivity (Wildman–Crippen MR) is 116 cm³/mol. The fraction of sp³-hybridized carbons (Fsp3) is 0.368. The highest BCUT2D eigenvalue weighted by Crippen LogP contribution is 2.25. The predicted octanol–water partition coefficient (Wildman–Crippen LogP) is 1.03. The number of guanidine groups is 1. The van der Waals surface area contributed by atoms with Crippen molar-refractivity contribution in [2.45, 2.75) is 19.1 Å². The first kappa shape index (κ1) is 20.1. The maximum Gasteiger partial charge on any atom is 0.327 e. The van der Waals surface area contributed by atoms with E-state index in [1.54, 1.807) is 16.7 Å². The summed E-state index contributed by atoms with van der Waals surface area (Å²) in [6.45, 7) is 2.20. The summed E-state index contributed by atoms with van der Waals surface area (Å²) < 4.78 is 0. The van der Waals surface area contributed by atoms with Gasteiger partial charge in [0.15, 0.2) is 5.96 Å². The monoisotopic (exact) mass is 401 g/mol. The van der Waals surface area contributed by atoms with Crippen molar-refractivity contribution in [3.8, 4) is 0 Å². The Morgan fingerprint density at radius 3 is 2.79 bits per heavy atom. The summed E-state index contributed by atoms with van der Waals surface area (Å²) in [5.74, 6) is 1.03. The molecule has 8 nitrogen and oxygen atoms in total. The number of carbonyl (C=O) groups is 1. The molecule has 0 aliphatic carbocycles. The van der Waals surface area contributed by atoms with Gasteiger partial charge in [-0.25, -0.2) is 4.79 Å². The van der Waals surface area contributed by atoms with Crippen LogP contribution in [-0.2, 0) is 6.54 Å². The van der Waals surface area contributed by atoms with Crippen LogP contribution in [0.25, 0.3) is 0 Å². The van der Waals surface area contributed by atoms with Crippen LogP contribution in [0.4, 0.5) is 10.5 Å². The third-order valence-corrected chi connectivity index (χ3v) is 5.02. The van der Waals surface area contributed by atoms with Crippen LogP contribution < -0.4 is 32.3 Å². The summed E-state index contributed by atoms with van der Waals surface area (Å²) in [4.78, 5) is 18.1. The largest absolute Gasteiger partial charge is 0.370 e. The molecule has 2 amide bonds. The minimum atomic E-state index is -0.134. The summed E-state index contributed by atoms with van der Waals surface area (Å²) in [5.41, 5.74) is 14.8. The first-order chi connectivity index (χ1) is 13.6. The molecular weight excluding hydrogens is 374 g/mol. The molecule has 0 saturated carbocycles. The van der Waals surface area contributed by atoms with E-state index in [-0.39, 0.29) is 18.2 Å². The second kappa shape index (κ2) is 9.52. The minimum absolute atomic E-state index is 0.128. The molecule has 2 heterocycles. The van der Waals surface area contributed by atoms with Crippen molar-refractivity contribution in [3.63, 3.8) is 0 Å². The van der Waals surface area contributed by atoms with E-state index in [0.29, 0.717) is 6.54 Å². The molecule has 0 spiro atoms. The number of anilines is 1. The summed E-state index contributed by atoms with van der Waals surface area (Å²) in [7, 11) is 0. The van der Waals surface area contributed by atoms with Crippen LogP contribution in [0.1, 0.15) is 12.0 Å². The zero-order chi connectivity index (χ0) is 19.9. The van der Waals surface area contributed by atoms with Gasteiger partial charge in [0, 0.05) is 36.3 Å². The molecular formula is C19H27N7OS. The van der Waals surface area contributed by atoms with Gasteiger partial charge in [0.2, 0.25) is 0 Å². The van der Waals surface area contributed by atoms with E-state index in [1.807, 2.05) is 30.5 Å². The van der Waals surface area contributed by atoms with E-state index in [1.165, 1.54) is 0 Å². The molecule has 1 atom stereocenters. The van der Waals surface area contributed by atoms with Crippen LogP contribution in [0.2, 0.25) is 0 Å². The van der Waals surface area contributed by atoms with Crippen LogP contribution in [-0.4, -0.2) is 43.3 Å². The number of fused-ring (bicyclic) bond motifs is 1. The highest BCUT2D eigenvalue weighted by molar-refractivity contribution is 7.98. The second-order valence-electron chi connectivity index (χ2n) is 6.63. The number of carbonyl (C=O) groups excluding carboxylic acids is 1. The first-order valence-corrected chi connectivity index (χ1v) is 10.6. The smallest absolute Gasteiger partial charge is 0.327 e. The Kier molecular flexibility index (Phi) is 6.83. The normalized spacial score (nSPS) is 18.0. The highest BCUT2D eigenvalue weighted by Gasteiger charge is 2.30. The van der Waals surface area contributed by atoms with Gasteiger partial charge in [-0.3, -0.25) is 9.89 Å². The molecule has 1 aromatic carbocycles. The zero-order valence-corrected chi connectivity index (χ0v) is 16.8. The second-order valence-corrected chi connectivity index (χ2v) is 7.50. The molecule has 2 aliphatic rings. The number of urea groups is 1. The number of aliphatic imine (C=N–C) groups is 1. The number of nitrogens with one attached hydrogen (secondary N) is 3. The molecule has 3 rings (SSSR count). The average Bonchev–Trinajstić information content (AvgIpc) is 3.05. The maximum atomic E-state index is 12.5. The fourth-order valence-corrected chi connectivity index (χ4v) is 3.55. The van der Waals surface area contributed by atoms with Crippen LogP contribution in [0.5, 0.6) is 0 Å². The molecule has 0 aromatic heterocycles. The Labute approximate surface area is 169 Å². The van der Waals surface area contributed by atoms with Crippen molar-refractivity contribution >= 4 is 29.4 Å². The van der Waals surface area contributed by atoms with E-state index in [2.05, 4.69) is 33.3 Å². The van der Waals surface area contributed by atoms with Crippen LogP contribution in [0, 0.1) is 0 Å². The van der Waals surface area contributed by atoms with Crippen molar-refractivity contribution in [1.29, 1.82) is 0 Å². The number of amides is 2. The topological polar surface area (TPSA) is 121 Å². The fourth-order valence-electron chi connectivity index (χ4n) is 3.08. The summed E-state index contributed by atoms with van der Waals surface area (Å²) in [5, 5.41) is 9.69. The molecule has 0 radical (unpaired) electrons. The van der Waals surface area contributed by atoms with E-state index in [9.17, 15) is 4.79 Å². The van der Waals surface area contributed by atoms with Gasteiger partial charge in [-0.2, -0.15) is 11.8 Å². The Hall–Kier alpha value is -2.65. The lowest BCUT2D eigenvalue weighted by atomic mass is 10.1. The van der Waals surface area contributed by atoms with Crippen LogP contribution in [0.3, 0.4) is 0 Å². The molecule has 7 N–H and O–H groups in total. The third kappa shape index (κ3) is 5.20. The van der Waals surface area contributed by atoms with Crippen molar-refractivity contribution in [2.75, 3.05) is 30.0 Å². The Bertz CT molecular complexity index is 784. The van der Waals surface area contributed by atoms with Crippen LogP contribution in [0.15, 0.2) is 52.8 Å². The van der Waals surface area contributed by atoms with Gasteiger partial charge in [-0.1, -0.05) is 12.1 Å². The highest BCUT2D eigenvalue weighted by atomic mass is 32.2. The average molecular weight is 402 g/mol. The van der Waals surface area contributed by atoms with Crippen molar-refractivity contribution < 1.29 is 4.79 Å². The summed E-state index contributed by atoms with van der Waals surface area (Å²) in [6, 6.07) is 7.84. The molecule has 9 heteroatoms. The molecule has 28 heavy (non-hydrogen) atoms. The van der Waals surface area contributed by atoms with Crippen molar-refractivity contribution in [2.24, 2.45) is 16.5 Å². The lowest BCUT2D eigenvalue weighted by Crippen LogP contribution is -2.51. The number of benzene rings is 1. The molecule has 0 fully saturated rings. The number of nitrogens with zero attached hydrogens (tertiary/aromatic N) is 2. The number of thioether (sulfide) groups is 1. The van der Waals surface area contributed by atoms with E-state index in [0.717, 1.165) is 47.8 Å². The number of hydrogen-bond acceptors (Lipinski definition) is 5. The summed E-state index contributed by atoms with van der Waals surface area (Å²) >= 11 is 1.75. The molecule has 150 valence electrons. The zero-order valence-electron chi connectivity index (χ0n) is 15.9. The standard InChI is InChI=1S/C19H27N7OS/c1-28-12-15-9-14-11-26(19(27)25-17(14)24-15)16-5-3-13(4-6-16)10-22-7-2-8-23-18(20)21/h3-6,9,11,17,22,24H,2,7-8,10,12H2,1H3,(H,25,27)(H4,20,21,23). The van der Waals surface area contributed by atoms with Gasteiger partial charge in [-0.05, 0) is 43.0 Å². The number of hydrogen-bond donors (Lipinski definition) is 5. The van der Waals surface area contributed by atoms with E-state index < -0.39 is 0 Å². The van der Waals surface area contributed by atoms with Gasteiger partial charge >= 0.3 is 6.03 Å². The quantitative estimate of drug-likeness (QED) is 0.239. The van der Waals surface area contributed by atoms with Crippen molar-refractivity contribution in [3.05, 3.63) is 53.4 Å². The van der Waals surface area contributed by atoms with Crippen molar-refractivity contribution in [1.82, 2.24) is 16.0 Å². The van der Waals surface area contributed by atoms with Crippen LogP contribution >= 0.6 is 11.8 Å². The van der Waals surface area contributed by atoms with Gasteiger partial charge in [0.25, 0.3) is 0 Å². The maximum absolute atomic E-state index is 12.5.